The molecule has 0 amide bonds. The second-order valence-electron chi connectivity index (χ2n) is 16.9. The molecule has 1 aliphatic rings. The average Bonchev–Trinajstić information content (AvgIpc) is 3.27. The third-order valence-corrected chi connectivity index (χ3v) is 11.1. The third kappa shape index (κ3) is 34.1. The van der Waals surface area contributed by atoms with Crippen LogP contribution in [0.1, 0.15) is 194 Å². The molecule has 0 bridgehead atoms. The Labute approximate surface area is 378 Å². The molecular formula is C53H92O9. The van der Waals surface area contributed by atoms with Crippen LogP contribution in [0, 0.1) is 0 Å². The first-order valence-corrected chi connectivity index (χ1v) is 25.0. The van der Waals surface area contributed by atoms with Crippen molar-refractivity contribution in [1.29, 1.82) is 0 Å². The van der Waals surface area contributed by atoms with E-state index in [9.17, 15) is 25.2 Å². The zero-order chi connectivity index (χ0) is 45.0. The molecule has 1 saturated heterocycles. The van der Waals surface area contributed by atoms with Gasteiger partial charge in [0.15, 0.2) is 6.29 Å². The first kappa shape index (κ1) is 57.6. The fraction of sp³-hybridized carbons (Fsp3) is 0.755. The van der Waals surface area contributed by atoms with E-state index in [-0.39, 0.29) is 19.2 Å². The minimum Gasteiger partial charge on any atom is -0.457 e. The second-order valence-corrected chi connectivity index (χ2v) is 16.9. The predicted molar refractivity (Wildman–Crippen MR) is 256 cm³/mol. The number of aliphatic hydroxyl groups is 4. The summed E-state index contributed by atoms with van der Waals surface area (Å²) in [6.45, 7) is 4.40. The molecule has 6 atom stereocenters. The Morgan fingerprint density at radius 1 is 0.532 bits per heavy atom. The summed E-state index contributed by atoms with van der Waals surface area (Å²) in [5.74, 6) is -0.334. The van der Waals surface area contributed by atoms with Crippen LogP contribution in [0.5, 0.6) is 0 Å². The zero-order valence-electron chi connectivity index (χ0n) is 39.3. The Hall–Kier alpha value is -2.37. The maximum absolute atomic E-state index is 12.8. The number of rotatable bonds is 42. The highest BCUT2D eigenvalue weighted by atomic mass is 16.7. The lowest BCUT2D eigenvalue weighted by molar-refractivity contribution is -0.305. The van der Waals surface area contributed by atoms with E-state index in [0.717, 1.165) is 83.5 Å². The number of carbonyl (C=O) groups is 1. The Morgan fingerprint density at radius 2 is 0.984 bits per heavy atom. The van der Waals surface area contributed by atoms with Crippen molar-refractivity contribution in [1.82, 2.24) is 0 Å². The molecule has 1 fully saturated rings. The van der Waals surface area contributed by atoms with Gasteiger partial charge in [-0.15, -0.1) is 0 Å². The van der Waals surface area contributed by atoms with E-state index in [1.54, 1.807) is 0 Å². The van der Waals surface area contributed by atoms with Crippen LogP contribution < -0.4 is 0 Å². The number of allylic oxidation sites excluding steroid dienone is 12. The van der Waals surface area contributed by atoms with Crippen LogP contribution in [0.15, 0.2) is 72.9 Å². The van der Waals surface area contributed by atoms with Crippen LogP contribution in [0.25, 0.3) is 0 Å². The lowest BCUT2D eigenvalue weighted by Gasteiger charge is -2.39. The minimum atomic E-state index is -1.54. The monoisotopic (exact) mass is 873 g/mol. The molecule has 9 nitrogen and oxygen atoms in total. The summed E-state index contributed by atoms with van der Waals surface area (Å²) < 4.78 is 22.8. The van der Waals surface area contributed by atoms with Crippen molar-refractivity contribution in [3.05, 3.63) is 72.9 Å². The molecule has 0 aromatic heterocycles. The van der Waals surface area contributed by atoms with Gasteiger partial charge in [0.2, 0.25) is 0 Å². The van der Waals surface area contributed by atoms with Gasteiger partial charge in [0.05, 0.1) is 19.8 Å². The van der Waals surface area contributed by atoms with Gasteiger partial charge in [-0.2, -0.15) is 0 Å². The fourth-order valence-electron chi connectivity index (χ4n) is 7.22. The van der Waals surface area contributed by atoms with Gasteiger partial charge in [-0.05, 0) is 83.5 Å². The molecule has 0 spiro atoms. The summed E-state index contributed by atoms with van der Waals surface area (Å²) in [4.78, 5) is 12.8. The number of esters is 1. The number of carbonyl (C=O) groups excluding carboxylic acids is 1. The Balaban J connectivity index is 2.22. The average molecular weight is 873 g/mol. The van der Waals surface area contributed by atoms with E-state index < -0.39 is 43.4 Å². The van der Waals surface area contributed by atoms with Crippen molar-refractivity contribution in [3.8, 4) is 0 Å². The number of ether oxygens (including phenoxy) is 4. The van der Waals surface area contributed by atoms with E-state index >= 15 is 0 Å². The van der Waals surface area contributed by atoms with E-state index in [2.05, 4.69) is 86.8 Å². The minimum absolute atomic E-state index is 0.126. The van der Waals surface area contributed by atoms with Gasteiger partial charge in [0.1, 0.15) is 30.5 Å². The Kier molecular flexibility index (Phi) is 40.8. The maximum Gasteiger partial charge on any atom is 0.306 e. The molecule has 0 radical (unpaired) electrons. The normalized spacial score (nSPS) is 20.4. The molecule has 6 unspecified atom stereocenters. The van der Waals surface area contributed by atoms with Crippen LogP contribution in [-0.4, -0.2) is 89.6 Å². The smallest absolute Gasteiger partial charge is 0.306 e. The van der Waals surface area contributed by atoms with Crippen LogP contribution in [-0.2, 0) is 23.7 Å². The highest BCUT2D eigenvalue weighted by Crippen LogP contribution is 2.22. The van der Waals surface area contributed by atoms with E-state index in [4.69, 9.17) is 18.9 Å². The van der Waals surface area contributed by atoms with Gasteiger partial charge in [0, 0.05) is 13.0 Å². The molecule has 0 aliphatic carbocycles. The Bertz CT molecular complexity index is 1180. The number of hydrogen-bond acceptors (Lipinski definition) is 9. The van der Waals surface area contributed by atoms with Crippen LogP contribution in [0.2, 0.25) is 0 Å². The van der Waals surface area contributed by atoms with Gasteiger partial charge in [-0.25, -0.2) is 0 Å². The molecule has 9 heteroatoms. The van der Waals surface area contributed by atoms with Crippen molar-refractivity contribution >= 4 is 5.97 Å². The summed E-state index contributed by atoms with van der Waals surface area (Å²) in [7, 11) is 0. The highest BCUT2D eigenvalue weighted by molar-refractivity contribution is 5.69. The van der Waals surface area contributed by atoms with Crippen molar-refractivity contribution in [2.75, 3.05) is 26.4 Å². The van der Waals surface area contributed by atoms with Gasteiger partial charge in [-0.1, -0.05) is 177 Å². The van der Waals surface area contributed by atoms with Crippen molar-refractivity contribution in [2.24, 2.45) is 0 Å². The summed E-state index contributed by atoms with van der Waals surface area (Å²) in [5, 5.41) is 40.2. The quantitative estimate of drug-likeness (QED) is 0.0269. The van der Waals surface area contributed by atoms with Gasteiger partial charge in [-0.3, -0.25) is 4.79 Å². The molecule has 1 rings (SSSR count). The van der Waals surface area contributed by atoms with Crippen LogP contribution >= 0.6 is 0 Å². The summed E-state index contributed by atoms with van der Waals surface area (Å²) >= 11 is 0. The molecule has 0 aromatic carbocycles. The number of aliphatic hydroxyl groups excluding tert-OH is 4. The van der Waals surface area contributed by atoms with Gasteiger partial charge in [0.25, 0.3) is 0 Å². The zero-order valence-corrected chi connectivity index (χ0v) is 39.3. The van der Waals surface area contributed by atoms with E-state index in [1.165, 1.54) is 89.9 Å². The maximum atomic E-state index is 12.8. The van der Waals surface area contributed by atoms with E-state index in [0.29, 0.717) is 13.0 Å². The van der Waals surface area contributed by atoms with Crippen molar-refractivity contribution < 1.29 is 44.2 Å². The lowest BCUT2D eigenvalue weighted by Crippen LogP contribution is -2.59. The van der Waals surface area contributed by atoms with Gasteiger partial charge >= 0.3 is 5.97 Å². The molecule has 1 heterocycles. The highest BCUT2D eigenvalue weighted by Gasteiger charge is 2.44. The Morgan fingerprint density at radius 3 is 1.48 bits per heavy atom. The second kappa shape index (κ2) is 43.9. The van der Waals surface area contributed by atoms with Gasteiger partial charge < -0.3 is 39.4 Å². The number of hydrogen-bond donors (Lipinski definition) is 4. The van der Waals surface area contributed by atoms with E-state index in [1.807, 2.05) is 0 Å². The summed E-state index contributed by atoms with van der Waals surface area (Å²) in [6, 6.07) is 0. The fourth-order valence-corrected chi connectivity index (χ4v) is 7.22. The lowest BCUT2D eigenvalue weighted by atomic mass is 9.99. The molecule has 4 N–H and O–H groups in total. The molecule has 62 heavy (non-hydrogen) atoms. The first-order chi connectivity index (χ1) is 30.4. The molecule has 1 aliphatic heterocycles. The van der Waals surface area contributed by atoms with Crippen LogP contribution in [0.3, 0.4) is 0 Å². The number of unbranched alkanes of at least 4 members (excludes halogenated alkanes) is 19. The largest absolute Gasteiger partial charge is 0.457 e. The van der Waals surface area contributed by atoms with Crippen LogP contribution in [0.4, 0.5) is 0 Å². The standard InChI is InChI=1S/C53H92O9/c1-3-5-7-9-11-13-15-17-19-20-21-22-23-24-25-26-27-29-31-33-35-37-39-41-43-59-45-47(46-60-53-52(58)51(57)50(56)48(44-54)62-53)61-49(55)42-40-38-36-34-32-30-28-18-16-14-12-10-8-6-4-2/h6,8,12,14-15,17-18,20-21,23-24,28,47-48,50-54,56-58H,3-5,7,9-11,13,16,19,22,25-27,29-46H2,1-2H3/b8-6-,14-12-,17-15-,21-20-,24-23-,28-18-. The molecule has 0 saturated carbocycles. The van der Waals surface area contributed by atoms with Crippen molar-refractivity contribution in [3.63, 3.8) is 0 Å². The summed E-state index contributed by atoms with van der Waals surface area (Å²) in [5.41, 5.74) is 0. The predicted octanol–water partition coefficient (Wildman–Crippen LogP) is 12.0. The first-order valence-electron chi connectivity index (χ1n) is 25.0. The topological polar surface area (TPSA) is 135 Å². The molecule has 0 aromatic rings. The SMILES string of the molecule is CC/C=C\C/C=C\C/C=C\CCCCCCCC(=O)OC(COCCCCCCCCCCC/C=C\C/C=C\C/C=C\CCCCCCC)COC1OC(CO)C(O)C(O)C1O. The third-order valence-electron chi connectivity index (χ3n) is 11.1. The molecule has 358 valence electrons. The van der Waals surface area contributed by atoms with Crippen molar-refractivity contribution in [2.45, 2.75) is 230 Å². The summed E-state index contributed by atoms with van der Waals surface area (Å²) in [6.07, 6.45) is 50.8. The molecular weight excluding hydrogens is 781 g/mol.